The summed E-state index contributed by atoms with van der Waals surface area (Å²) < 4.78 is 28.3. The molecular weight excluding hydrogens is 552 g/mol. The van der Waals surface area contributed by atoms with Crippen LogP contribution >= 0.6 is 0 Å². The Bertz CT molecular complexity index is 852. The van der Waals surface area contributed by atoms with E-state index in [0.717, 1.165) is 0 Å². The van der Waals surface area contributed by atoms with Gasteiger partial charge in [-0.2, -0.15) is 0 Å². The summed E-state index contributed by atoms with van der Waals surface area (Å²) in [4.78, 5) is 0. The molecule has 3 heterocycles. The summed E-state index contributed by atoms with van der Waals surface area (Å²) in [5.41, 5.74) is 0. The second-order valence-electron chi connectivity index (χ2n) is 12.2. The number of ether oxygens (including phenoxy) is 5. The maximum absolute atomic E-state index is 11.0. The standard InChI is InChI=1S/C26H44O15/c27-7-18-20(34)21(35)24(41-25-22(36)19(33)15(32)8-37-25)26(40-18)39-17-6-11-13(30)4-10(28)5-16(11)38-23(17)9-1-2-12(29)14(31)3-9/h9-36H,1-8H2/p+1/t9?,10?,11?,12?,13?,14?,15-,16?,17?,18-,19+,20-,21+,22-,23?,24-,25+,26-/m1/s1. The molecule has 2 aliphatic carbocycles. The van der Waals surface area contributed by atoms with Crippen molar-refractivity contribution in [2.75, 3.05) is 13.2 Å². The average Bonchev–Trinajstić information content (AvgIpc) is 2.94. The SMILES string of the molecule is OC[C@H]1O[C@@H](OC2CC3C(O)CC(O)CC3[OH+]C2C2CCC(O)C(O)C2)[C@H](O[C@@H]2OC[C@@H](O)[C@H](O)[C@H]2O)[C@@H](O)[C@@H]1O. The Morgan fingerprint density at radius 1 is 0.683 bits per heavy atom. The van der Waals surface area contributed by atoms with Gasteiger partial charge < -0.3 is 74.7 Å². The zero-order chi connectivity index (χ0) is 29.6. The zero-order valence-corrected chi connectivity index (χ0v) is 22.6. The normalized spacial score (nSPS) is 54.9. The van der Waals surface area contributed by atoms with Crippen LogP contribution in [0.15, 0.2) is 0 Å². The maximum atomic E-state index is 11.0. The molecule has 41 heavy (non-hydrogen) atoms. The van der Waals surface area contributed by atoms with Gasteiger partial charge in [0.05, 0.1) is 43.5 Å². The van der Waals surface area contributed by atoms with Gasteiger partial charge in [0.1, 0.15) is 48.8 Å². The molecule has 9 unspecified atom stereocenters. The van der Waals surface area contributed by atoms with Crippen molar-refractivity contribution in [1.29, 1.82) is 0 Å². The van der Waals surface area contributed by atoms with Crippen LogP contribution in [0.2, 0.25) is 0 Å². The summed E-state index contributed by atoms with van der Waals surface area (Å²) in [6.07, 6.45) is -16.8. The van der Waals surface area contributed by atoms with Crippen molar-refractivity contribution in [3.05, 3.63) is 0 Å². The van der Waals surface area contributed by atoms with Gasteiger partial charge in [-0.05, 0) is 25.7 Å². The molecule has 11 N–H and O–H groups in total. The predicted molar refractivity (Wildman–Crippen MR) is 134 cm³/mol. The van der Waals surface area contributed by atoms with Gasteiger partial charge in [0, 0.05) is 18.8 Å². The van der Waals surface area contributed by atoms with Crippen molar-refractivity contribution in [1.82, 2.24) is 0 Å². The van der Waals surface area contributed by atoms with Gasteiger partial charge in [-0.25, -0.2) is 0 Å². The highest BCUT2D eigenvalue weighted by molar-refractivity contribution is 4.99. The topological polar surface area (TPSA) is 252 Å². The van der Waals surface area contributed by atoms with Gasteiger partial charge in [0.2, 0.25) is 0 Å². The van der Waals surface area contributed by atoms with Gasteiger partial charge in [-0.15, -0.1) is 0 Å². The van der Waals surface area contributed by atoms with Gasteiger partial charge in [0.25, 0.3) is 0 Å². The van der Waals surface area contributed by atoms with E-state index < -0.39 is 98.5 Å². The zero-order valence-electron chi connectivity index (χ0n) is 22.6. The van der Waals surface area contributed by atoms with E-state index in [1.165, 1.54) is 0 Å². The summed E-state index contributed by atoms with van der Waals surface area (Å²) in [6, 6.07) is 0. The van der Waals surface area contributed by atoms with Crippen LogP contribution in [0.3, 0.4) is 0 Å². The van der Waals surface area contributed by atoms with E-state index >= 15 is 0 Å². The summed E-state index contributed by atoms with van der Waals surface area (Å²) >= 11 is 0. The number of hydrogen-bond donors (Lipinski definition) is 10. The van der Waals surface area contributed by atoms with E-state index in [0.29, 0.717) is 19.3 Å². The van der Waals surface area contributed by atoms with Crippen molar-refractivity contribution in [2.24, 2.45) is 11.8 Å². The third-order valence-corrected chi connectivity index (χ3v) is 9.45. The molecule has 0 amide bonds. The molecule has 5 aliphatic rings. The molecule has 15 nitrogen and oxygen atoms in total. The lowest BCUT2D eigenvalue weighted by molar-refractivity contribution is -0.381. The molecule has 0 radical (unpaired) electrons. The predicted octanol–water partition coefficient (Wildman–Crippen LogP) is -5.04. The van der Waals surface area contributed by atoms with E-state index in [2.05, 4.69) is 0 Å². The maximum Gasteiger partial charge on any atom is 0.187 e. The molecule has 2 saturated carbocycles. The summed E-state index contributed by atoms with van der Waals surface area (Å²) in [5, 5.41) is 103. The molecule has 0 bridgehead atoms. The molecule has 3 aliphatic heterocycles. The fraction of sp³-hybridized carbons (Fsp3) is 1.00. The minimum absolute atomic E-state index is 0.177. The summed E-state index contributed by atoms with van der Waals surface area (Å²) in [5.74, 6) is -0.575. The monoisotopic (exact) mass is 597 g/mol. The molecule has 15 heteroatoms. The number of fused-ring (bicyclic) bond motifs is 1. The average molecular weight is 598 g/mol. The molecule has 238 valence electrons. The Morgan fingerprint density at radius 3 is 2.15 bits per heavy atom. The van der Waals surface area contributed by atoms with Crippen LogP contribution in [-0.2, 0) is 18.9 Å². The smallest absolute Gasteiger partial charge is 0.187 e. The first kappa shape index (κ1) is 31.8. The Hall–Kier alpha value is -0.600. The van der Waals surface area contributed by atoms with E-state index in [9.17, 15) is 51.1 Å². The Kier molecular flexibility index (Phi) is 10.2. The second kappa shape index (κ2) is 13.2. The highest BCUT2D eigenvalue weighted by Gasteiger charge is 2.56. The number of hydrogen-bond acceptors (Lipinski definition) is 14. The lowest BCUT2D eigenvalue weighted by Crippen LogP contribution is -2.65. The Labute approximate surface area is 236 Å². The van der Waals surface area contributed by atoms with Crippen molar-refractivity contribution in [3.63, 3.8) is 0 Å². The van der Waals surface area contributed by atoms with Crippen LogP contribution < -0.4 is 0 Å². The third kappa shape index (κ3) is 6.60. The molecular formula is C26H45O15+. The van der Waals surface area contributed by atoms with Crippen LogP contribution in [0.25, 0.3) is 0 Å². The van der Waals surface area contributed by atoms with Crippen molar-refractivity contribution in [3.8, 4) is 0 Å². The van der Waals surface area contributed by atoms with Crippen molar-refractivity contribution < 1.29 is 74.7 Å². The molecule has 5 rings (SSSR count). The van der Waals surface area contributed by atoms with E-state index in [4.69, 9.17) is 23.7 Å². The van der Waals surface area contributed by atoms with Crippen LogP contribution in [-0.4, -0.2) is 167 Å². The number of aliphatic hydroxyl groups is 12. The van der Waals surface area contributed by atoms with Crippen LogP contribution in [0, 0.1) is 11.8 Å². The first-order valence-corrected chi connectivity index (χ1v) is 14.5. The summed E-state index contributed by atoms with van der Waals surface area (Å²) in [7, 11) is 0. The molecule has 18 atom stereocenters. The van der Waals surface area contributed by atoms with E-state index in [1.807, 2.05) is 0 Å². The minimum Gasteiger partial charge on any atom is -0.427 e. The first-order valence-electron chi connectivity index (χ1n) is 14.5. The van der Waals surface area contributed by atoms with Gasteiger partial charge in [-0.1, -0.05) is 0 Å². The van der Waals surface area contributed by atoms with Crippen LogP contribution in [0.5, 0.6) is 0 Å². The Balaban J connectivity index is 1.39. The van der Waals surface area contributed by atoms with Crippen molar-refractivity contribution in [2.45, 2.75) is 137 Å². The minimum atomic E-state index is -1.70. The fourth-order valence-electron chi connectivity index (χ4n) is 7.04. The molecule has 0 spiro atoms. The van der Waals surface area contributed by atoms with E-state index in [1.54, 1.807) is 0 Å². The van der Waals surface area contributed by atoms with Gasteiger partial charge in [0.15, 0.2) is 24.8 Å². The molecule has 5 fully saturated rings. The van der Waals surface area contributed by atoms with Crippen molar-refractivity contribution >= 4 is 0 Å². The fourth-order valence-corrected chi connectivity index (χ4v) is 7.04. The van der Waals surface area contributed by atoms with Gasteiger partial charge >= 0.3 is 0 Å². The van der Waals surface area contributed by atoms with Crippen LogP contribution in [0.4, 0.5) is 0 Å². The van der Waals surface area contributed by atoms with Crippen LogP contribution in [0.1, 0.15) is 38.5 Å². The molecule has 0 aromatic rings. The molecule has 0 aromatic heterocycles. The van der Waals surface area contributed by atoms with E-state index in [-0.39, 0.29) is 43.8 Å². The highest BCUT2D eigenvalue weighted by Crippen LogP contribution is 2.42. The quantitative estimate of drug-likeness (QED) is 0.129. The number of aliphatic hydroxyl groups excluding tert-OH is 10. The lowest BCUT2D eigenvalue weighted by atomic mass is 9.72. The van der Waals surface area contributed by atoms with Gasteiger partial charge in [-0.3, -0.25) is 0 Å². The third-order valence-electron chi connectivity index (χ3n) is 9.45. The lowest BCUT2D eigenvalue weighted by Gasteiger charge is -2.49. The first-order chi connectivity index (χ1) is 19.5. The molecule has 3 saturated heterocycles. The number of rotatable bonds is 6. The second-order valence-corrected chi connectivity index (χ2v) is 12.2. The Morgan fingerprint density at radius 2 is 1.44 bits per heavy atom. The highest BCUT2D eigenvalue weighted by atomic mass is 16.8. The largest absolute Gasteiger partial charge is 0.427 e. The molecule has 0 aromatic carbocycles. The summed E-state index contributed by atoms with van der Waals surface area (Å²) in [6.45, 7) is -1.03.